The standard InChI is InChI=1S/C18H18FNO5/c1-11(17(21)20-14-7-5-4-6-13(14)19)25-15-9-8-12(18(22)24-3)10-16(15)23-2/h4-11H,1-3H3,(H,20,21). The zero-order chi connectivity index (χ0) is 18.4. The van der Waals surface area contributed by atoms with Crippen LogP contribution < -0.4 is 14.8 Å². The van der Waals surface area contributed by atoms with E-state index in [0.717, 1.165) is 0 Å². The van der Waals surface area contributed by atoms with Gasteiger partial charge in [0, 0.05) is 0 Å². The summed E-state index contributed by atoms with van der Waals surface area (Å²) in [4.78, 5) is 23.7. The monoisotopic (exact) mass is 347 g/mol. The lowest BCUT2D eigenvalue weighted by Crippen LogP contribution is -2.30. The average molecular weight is 347 g/mol. The second-order valence-corrected chi connectivity index (χ2v) is 5.09. The highest BCUT2D eigenvalue weighted by molar-refractivity contribution is 5.94. The highest BCUT2D eigenvalue weighted by atomic mass is 19.1. The smallest absolute Gasteiger partial charge is 0.337 e. The largest absolute Gasteiger partial charge is 0.493 e. The summed E-state index contributed by atoms with van der Waals surface area (Å²) >= 11 is 0. The van der Waals surface area contributed by atoms with Crippen molar-refractivity contribution in [1.82, 2.24) is 0 Å². The van der Waals surface area contributed by atoms with Crippen LogP contribution in [0.2, 0.25) is 0 Å². The van der Waals surface area contributed by atoms with Gasteiger partial charge < -0.3 is 19.5 Å². The summed E-state index contributed by atoms with van der Waals surface area (Å²) in [7, 11) is 2.68. The molecule has 1 atom stereocenters. The third-order valence-electron chi connectivity index (χ3n) is 3.39. The highest BCUT2D eigenvalue weighted by Crippen LogP contribution is 2.29. The fourth-order valence-corrected chi connectivity index (χ4v) is 2.05. The van der Waals surface area contributed by atoms with Crippen LogP contribution in [0.5, 0.6) is 11.5 Å². The summed E-state index contributed by atoms with van der Waals surface area (Å²) in [6.45, 7) is 1.52. The molecule has 0 spiro atoms. The van der Waals surface area contributed by atoms with Crippen LogP contribution >= 0.6 is 0 Å². The molecule has 7 heteroatoms. The van der Waals surface area contributed by atoms with E-state index in [9.17, 15) is 14.0 Å². The quantitative estimate of drug-likeness (QED) is 0.813. The minimum atomic E-state index is -0.919. The molecule has 25 heavy (non-hydrogen) atoms. The molecule has 1 unspecified atom stereocenters. The van der Waals surface area contributed by atoms with E-state index in [2.05, 4.69) is 10.1 Å². The maximum atomic E-state index is 13.6. The average Bonchev–Trinajstić information content (AvgIpc) is 2.63. The van der Waals surface area contributed by atoms with Gasteiger partial charge in [-0.05, 0) is 37.3 Å². The maximum absolute atomic E-state index is 13.6. The molecule has 0 saturated carbocycles. The van der Waals surface area contributed by atoms with Gasteiger partial charge in [-0.15, -0.1) is 0 Å². The van der Waals surface area contributed by atoms with Crippen LogP contribution in [-0.4, -0.2) is 32.2 Å². The molecule has 0 heterocycles. The Labute approximate surface area is 144 Å². The van der Waals surface area contributed by atoms with Crippen molar-refractivity contribution >= 4 is 17.6 Å². The molecule has 0 aliphatic heterocycles. The van der Waals surface area contributed by atoms with Crippen molar-refractivity contribution in [3.63, 3.8) is 0 Å². The summed E-state index contributed by atoms with van der Waals surface area (Å²) in [5, 5.41) is 2.45. The van der Waals surface area contributed by atoms with Crippen LogP contribution in [0.15, 0.2) is 42.5 Å². The number of carbonyl (C=O) groups is 2. The number of nitrogens with one attached hydrogen (secondary N) is 1. The molecule has 0 fully saturated rings. The Kier molecular flexibility index (Phi) is 5.94. The topological polar surface area (TPSA) is 73.9 Å². The van der Waals surface area contributed by atoms with Gasteiger partial charge in [-0.3, -0.25) is 4.79 Å². The molecular formula is C18H18FNO5. The minimum absolute atomic E-state index is 0.0657. The van der Waals surface area contributed by atoms with Gasteiger partial charge in [0.15, 0.2) is 17.6 Å². The van der Waals surface area contributed by atoms with E-state index in [-0.39, 0.29) is 22.7 Å². The zero-order valence-electron chi connectivity index (χ0n) is 14.0. The molecular weight excluding hydrogens is 329 g/mol. The van der Waals surface area contributed by atoms with E-state index in [0.29, 0.717) is 0 Å². The van der Waals surface area contributed by atoms with Crippen molar-refractivity contribution in [3.05, 3.63) is 53.8 Å². The third kappa shape index (κ3) is 4.47. The van der Waals surface area contributed by atoms with Crippen LogP contribution in [0.4, 0.5) is 10.1 Å². The molecule has 2 aromatic carbocycles. The number of para-hydroxylation sites is 1. The fraction of sp³-hybridized carbons (Fsp3) is 0.222. The molecule has 1 N–H and O–H groups in total. The second kappa shape index (κ2) is 8.14. The molecule has 0 radical (unpaired) electrons. The van der Waals surface area contributed by atoms with E-state index in [1.807, 2.05) is 0 Å². The lowest BCUT2D eigenvalue weighted by molar-refractivity contribution is -0.122. The van der Waals surface area contributed by atoms with Crippen molar-refractivity contribution in [2.75, 3.05) is 19.5 Å². The number of rotatable bonds is 6. The first-order chi connectivity index (χ1) is 12.0. The number of benzene rings is 2. The molecule has 0 bridgehead atoms. The van der Waals surface area contributed by atoms with E-state index in [1.165, 1.54) is 57.5 Å². The van der Waals surface area contributed by atoms with E-state index in [4.69, 9.17) is 9.47 Å². The Hall–Kier alpha value is -3.09. The van der Waals surface area contributed by atoms with E-state index >= 15 is 0 Å². The van der Waals surface area contributed by atoms with Crippen molar-refractivity contribution < 1.29 is 28.2 Å². The molecule has 0 aliphatic carbocycles. The van der Waals surface area contributed by atoms with Gasteiger partial charge in [0.05, 0.1) is 25.5 Å². The zero-order valence-corrected chi connectivity index (χ0v) is 14.0. The van der Waals surface area contributed by atoms with Gasteiger partial charge in [-0.2, -0.15) is 0 Å². The minimum Gasteiger partial charge on any atom is -0.493 e. The number of amides is 1. The number of anilines is 1. The predicted molar refractivity (Wildman–Crippen MR) is 89.5 cm³/mol. The first-order valence-corrected chi connectivity index (χ1v) is 7.44. The first kappa shape index (κ1) is 18.3. The number of halogens is 1. The Morgan fingerprint density at radius 2 is 1.80 bits per heavy atom. The lowest BCUT2D eigenvalue weighted by atomic mass is 10.2. The molecule has 0 saturated heterocycles. The Balaban J connectivity index is 2.11. The van der Waals surface area contributed by atoms with Crippen LogP contribution in [-0.2, 0) is 9.53 Å². The molecule has 1 amide bonds. The summed E-state index contributed by atoms with van der Waals surface area (Å²) < 4.78 is 29.0. The molecule has 0 aliphatic rings. The third-order valence-corrected chi connectivity index (χ3v) is 3.39. The molecule has 6 nitrogen and oxygen atoms in total. The lowest BCUT2D eigenvalue weighted by Gasteiger charge is -2.17. The summed E-state index contributed by atoms with van der Waals surface area (Å²) in [6.07, 6.45) is -0.919. The van der Waals surface area contributed by atoms with Crippen LogP contribution in [0.1, 0.15) is 17.3 Å². The Morgan fingerprint density at radius 3 is 2.44 bits per heavy atom. The molecule has 2 rings (SSSR count). The predicted octanol–water partition coefficient (Wildman–Crippen LogP) is 3.03. The van der Waals surface area contributed by atoms with Crippen molar-refractivity contribution in [3.8, 4) is 11.5 Å². The fourth-order valence-electron chi connectivity index (χ4n) is 2.05. The molecule has 2 aromatic rings. The molecule has 0 aromatic heterocycles. The van der Waals surface area contributed by atoms with E-state index in [1.54, 1.807) is 6.07 Å². The Bertz CT molecular complexity index is 778. The number of carbonyl (C=O) groups excluding carboxylic acids is 2. The second-order valence-electron chi connectivity index (χ2n) is 5.09. The number of hydrogen-bond acceptors (Lipinski definition) is 5. The van der Waals surface area contributed by atoms with Gasteiger partial charge in [0.25, 0.3) is 5.91 Å². The summed E-state index contributed by atoms with van der Waals surface area (Å²) in [6, 6.07) is 10.3. The number of hydrogen-bond donors (Lipinski definition) is 1. The van der Waals surface area contributed by atoms with Crippen LogP contribution in [0.3, 0.4) is 0 Å². The number of esters is 1. The van der Waals surface area contributed by atoms with Gasteiger partial charge in [0.1, 0.15) is 5.82 Å². The molecule has 132 valence electrons. The first-order valence-electron chi connectivity index (χ1n) is 7.44. The van der Waals surface area contributed by atoms with Crippen LogP contribution in [0.25, 0.3) is 0 Å². The van der Waals surface area contributed by atoms with Gasteiger partial charge in [-0.25, -0.2) is 9.18 Å². The maximum Gasteiger partial charge on any atom is 0.337 e. The Morgan fingerprint density at radius 1 is 1.08 bits per heavy atom. The summed E-state index contributed by atoms with van der Waals surface area (Å²) in [5.74, 6) is -1.04. The number of ether oxygens (including phenoxy) is 3. The van der Waals surface area contributed by atoms with Gasteiger partial charge in [0.2, 0.25) is 0 Å². The normalized spacial score (nSPS) is 11.4. The SMILES string of the molecule is COC(=O)c1ccc(OC(C)C(=O)Nc2ccccc2F)c(OC)c1. The number of methoxy groups -OCH3 is 2. The summed E-state index contributed by atoms with van der Waals surface area (Å²) in [5.41, 5.74) is 0.353. The van der Waals surface area contributed by atoms with Crippen molar-refractivity contribution in [1.29, 1.82) is 0 Å². The van der Waals surface area contributed by atoms with Crippen LogP contribution in [0, 0.1) is 5.82 Å². The van der Waals surface area contributed by atoms with Crippen molar-refractivity contribution in [2.45, 2.75) is 13.0 Å². The van der Waals surface area contributed by atoms with Crippen molar-refractivity contribution in [2.24, 2.45) is 0 Å². The highest BCUT2D eigenvalue weighted by Gasteiger charge is 2.19. The van der Waals surface area contributed by atoms with Gasteiger partial charge >= 0.3 is 5.97 Å². The van der Waals surface area contributed by atoms with E-state index < -0.39 is 23.8 Å². The van der Waals surface area contributed by atoms with Gasteiger partial charge in [-0.1, -0.05) is 12.1 Å².